The second kappa shape index (κ2) is 23.5. The summed E-state index contributed by atoms with van der Waals surface area (Å²) in [6, 6.07) is 4.53. The fourth-order valence-electron chi connectivity index (χ4n) is 6.55. The molecule has 0 aromatic heterocycles. The number of hydrogen-bond donors (Lipinski definition) is 4. The number of benzene rings is 1. The topological polar surface area (TPSA) is 201 Å². The van der Waals surface area contributed by atoms with Crippen LogP contribution in [0.15, 0.2) is 53.6 Å². The van der Waals surface area contributed by atoms with Gasteiger partial charge in [-0.05, 0) is 70.4 Å². The zero-order valence-corrected chi connectivity index (χ0v) is 36.9. The summed E-state index contributed by atoms with van der Waals surface area (Å²) in [5.74, 6) is -5.83. The molecule has 1 aromatic carbocycles. The first-order chi connectivity index (χ1) is 27.6. The number of esters is 2. The second-order valence-corrected chi connectivity index (χ2v) is 16.2. The molecule has 0 saturated heterocycles. The lowest BCUT2D eigenvalue weighted by molar-refractivity contribution is -0.155. The van der Waals surface area contributed by atoms with E-state index in [1.807, 2.05) is 26.8 Å². The number of aliphatic hydroxyl groups is 1. The predicted molar refractivity (Wildman–Crippen MR) is 223 cm³/mol. The van der Waals surface area contributed by atoms with Crippen molar-refractivity contribution in [1.82, 2.24) is 25.8 Å². The molecule has 5 amide bonds. The van der Waals surface area contributed by atoms with Crippen molar-refractivity contribution in [2.75, 3.05) is 20.6 Å². The van der Waals surface area contributed by atoms with E-state index in [9.17, 15) is 38.7 Å². The summed E-state index contributed by atoms with van der Waals surface area (Å²) in [7, 11) is 2.85. The van der Waals surface area contributed by atoms with Crippen molar-refractivity contribution in [1.29, 1.82) is 0 Å². The molecule has 1 aromatic rings. The largest absolute Gasteiger partial charge is 0.456 e. The van der Waals surface area contributed by atoms with Crippen LogP contribution in [0.5, 0.6) is 0 Å². The number of ether oxygens (including phenoxy) is 2. The average Bonchev–Trinajstić information content (AvgIpc) is 3.20. The van der Waals surface area contributed by atoms with E-state index in [1.165, 1.54) is 50.7 Å². The first kappa shape index (κ1) is 50.1. The standard InChI is InChI=1S/C44H67N5O10/c1-13-26(5)37-40(53)46-31(10)44(57)59-38(27(6)14-2)29(8)34(50)21-20-28(7)43(56)58-35(22-25(3)4)39(52)45-30(9)41(54)49(12)33(23-32-18-16-15-17-19-32)42(55)48(11)24-36(51)47-37/h14-20,25-26,29-31,33-35,37-38,50H,13,21-24H2,1-12H3,(H,45,52)(H,46,53)(H,47,51)/b27-14+,28-20+/t26?,29-,30+,31-,33-,34+,35-,37?,38-/m1/s1. The van der Waals surface area contributed by atoms with Crippen molar-refractivity contribution in [3.8, 4) is 0 Å². The van der Waals surface area contributed by atoms with Gasteiger partial charge in [0.2, 0.25) is 23.6 Å². The number of carbonyl (C=O) groups excluding carboxylic acids is 7. The molecule has 15 nitrogen and oxygen atoms in total. The van der Waals surface area contributed by atoms with Crippen LogP contribution in [0.3, 0.4) is 0 Å². The molecule has 0 spiro atoms. The molecule has 328 valence electrons. The molecule has 59 heavy (non-hydrogen) atoms. The Bertz CT molecular complexity index is 1700. The Morgan fingerprint density at radius 2 is 1.51 bits per heavy atom. The maximum atomic E-state index is 14.1. The van der Waals surface area contributed by atoms with E-state index in [0.717, 1.165) is 5.56 Å². The molecule has 2 unspecified atom stereocenters. The van der Waals surface area contributed by atoms with Gasteiger partial charge in [-0.25, -0.2) is 9.59 Å². The summed E-state index contributed by atoms with van der Waals surface area (Å²) in [5.41, 5.74) is 1.51. The van der Waals surface area contributed by atoms with Gasteiger partial charge < -0.3 is 40.3 Å². The molecule has 1 heterocycles. The number of amides is 5. The monoisotopic (exact) mass is 825 g/mol. The highest BCUT2D eigenvalue weighted by Gasteiger charge is 2.36. The minimum atomic E-state index is -1.26. The molecule has 0 fully saturated rings. The Labute approximate surface area is 349 Å². The van der Waals surface area contributed by atoms with Crippen LogP contribution < -0.4 is 16.0 Å². The summed E-state index contributed by atoms with van der Waals surface area (Å²) in [6.45, 7) is 16.5. The SMILES string of the molecule is C/C=C(\C)[C@H]1OC(=O)[C@@H](C)NC(=O)C(C(C)CC)NC(=O)CN(C)C(=O)[C@@H](Cc2ccccc2)N(C)C(=O)[C@H](C)NC(=O)[C@@H](CC(C)C)OC(=O)/C(C)=C/C[C@H](O)[C@H]1C. The van der Waals surface area contributed by atoms with Crippen molar-refractivity contribution in [3.05, 3.63) is 59.2 Å². The van der Waals surface area contributed by atoms with Gasteiger partial charge in [0.05, 0.1) is 12.6 Å². The van der Waals surface area contributed by atoms with Crippen molar-refractivity contribution < 1.29 is 48.1 Å². The number of nitrogens with zero attached hydrogens (tertiary/aromatic N) is 2. The minimum absolute atomic E-state index is 0.0211. The van der Waals surface area contributed by atoms with Crippen LogP contribution in [-0.2, 0) is 49.5 Å². The Kier molecular flexibility index (Phi) is 20.0. The Hall–Kier alpha value is -5.05. The van der Waals surface area contributed by atoms with Gasteiger partial charge in [-0.3, -0.25) is 24.0 Å². The third kappa shape index (κ3) is 14.9. The van der Waals surface area contributed by atoms with Crippen LogP contribution in [0, 0.1) is 17.8 Å². The van der Waals surface area contributed by atoms with Crippen molar-refractivity contribution >= 4 is 41.5 Å². The van der Waals surface area contributed by atoms with Crippen LogP contribution in [0.1, 0.15) is 94.1 Å². The molecule has 0 radical (unpaired) electrons. The number of carbonyl (C=O) groups is 7. The van der Waals surface area contributed by atoms with Gasteiger partial charge in [0, 0.05) is 32.0 Å². The molecule has 15 heteroatoms. The van der Waals surface area contributed by atoms with E-state index in [1.54, 1.807) is 58.0 Å². The highest BCUT2D eigenvalue weighted by atomic mass is 16.6. The van der Waals surface area contributed by atoms with Gasteiger partial charge in [0.1, 0.15) is 30.3 Å². The van der Waals surface area contributed by atoms with E-state index in [2.05, 4.69) is 16.0 Å². The van der Waals surface area contributed by atoms with Crippen molar-refractivity contribution in [2.24, 2.45) is 17.8 Å². The van der Waals surface area contributed by atoms with Gasteiger partial charge in [-0.1, -0.05) is 83.5 Å². The fraction of sp³-hybridized carbons (Fsp3) is 0.614. The quantitative estimate of drug-likeness (QED) is 0.234. The maximum Gasteiger partial charge on any atom is 0.334 e. The highest BCUT2D eigenvalue weighted by molar-refractivity contribution is 5.96. The third-order valence-corrected chi connectivity index (χ3v) is 10.8. The lowest BCUT2D eigenvalue weighted by Crippen LogP contribution is -2.57. The molecule has 2 rings (SSSR count). The summed E-state index contributed by atoms with van der Waals surface area (Å²) in [4.78, 5) is 98.0. The van der Waals surface area contributed by atoms with Crippen LogP contribution in [0.25, 0.3) is 0 Å². The van der Waals surface area contributed by atoms with Gasteiger partial charge in [-0.2, -0.15) is 0 Å². The van der Waals surface area contributed by atoms with E-state index >= 15 is 0 Å². The summed E-state index contributed by atoms with van der Waals surface area (Å²) < 4.78 is 11.5. The van der Waals surface area contributed by atoms with Crippen molar-refractivity contribution in [2.45, 2.75) is 137 Å². The maximum absolute atomic E-state index is 14.1. The molecular formula is C44H67N5O10. The zero-order valence-electron chi connectivity index (χ0n) is 36.9. The minimum Gasteiger partial charge on any atom is -0.456 e. The van der Waals surface area contributed by atoms with Crippen LogP contribution >= 0.6 is 0 Å². The van der Waals surface area contributed by atoms with Crippen LogP contribution in [0.4, 0.5) is 0 Å². The molecule has 4 N–H and O–H groups in total. The van der Waals surface area contributed by atoms with E-state index < -0.39 is 96.4 Å². The first-order valence-corrected chi connectivity index (χ1v) is 20.5. The van der Waals surface area contributed by atoms with Gasteiger partial charge >= 0.3 is 11.9 Å². The predicted octanol–water partition coefficient (Wildman–Crippen LogP) is 3.24. The fourth-order valence-corrected chi connectivity index (χ4v) is 6.55. The summed E-state index contributed by atoms with van der Waals surface area (Å²) in [6.07, 6.45) is 0.687. The van der Waals surface area contributed by atoms with Crippen LogP contribution in [-0.4, -0.2) is 120 Å². The molecule has 0 aliphatic carbocycles. The molecule has 0 bridgehead atoms. The number of rotatable bonds is 7. The van der Waals surface area contributed by atoms with E-state index in [0.29, 0.717) is 12.0 Å². The smallest absolute Gasteiger partial charge is 0.334 e. The number of allylic oxidation sites excluding steroid dienone is 1. The normalized spacial score (nSPS) is 28.8. The Morgan fingerprint density at radius 1 is 0.898 bits per heavy atom. The molecule has 9 atom stereocenters. The third-order valence-electron chi connectivity index (χ3n) is 10.8. The number of nitrogens with one attached hydrogen (secondary N) is 3. The summed E-state index contributed by atoms with van der Waals surface area (Å²) in [5, 5.41) is 19.3. The number of likely N-dealkylation sites (N-methyl/N-ethyl adjacent to an activating group) is 2. The first-order valence-electron chi connectivity index (χ1n) is 20.5. The Balaban J connectivity index is 2.62. The molecule has 1 aliphatic rings. The number of cyclic esters (lactones) is 2. The lowest BCUT2D eigenvalue weighted by Gasteiger charge is -2.33. The number of hydrogen-bond acceptors (Lipinski definition) is 10. The van der Waals surface area contributed by atoms with Crippen molar-refractivity contribution in [3.63, 3.8) is 0 Å². The van der Waals surface area contributed by atoms with E-state index in [-0.39, 0.29) is 36.7 Å². The van der Waals surface area contributed by atoms with Gasteiger partial charge in [0.15, 0.2) is 6.10 Å². The number of aliphatic hydroxyl groups excluding tert-OH is 1. The molecular weight excluding hydrogens is 759 g/mol. The average molecular weight is 826 g/mol. The van der Waals surface area contributed by atoms with E-state index in [4.69, 9.17) is 9.47 Å². The second-order valence-electron chi connectivity index (χ2n) is 16.2. The van der Waals surface area contributed by atoms with Gasteiger partial charge in [0.25, 0.3) is 5.91 Å². The highest BCUT2D eigenvalue weighted by Crippen LogP contribution is 2.24. The summed E-state index contributed by atoms with van der Waals surface area (Å²) >= 11 is 0. The lowest BCUT2D eigenvalue weighted by atomic mass is 9.90. The molecule has 1 aliphatic heterocycles. The van der Waals surface area contributed by atoms with Gasteiger partial charge in [-0.15, -0.1) is 0 Å². The zero-order chi connectivity index (χ0) is 44.7. The Morgan fingerprint density at radius 3 is 2.08 bits per heavy atom. The molecule has 0 saturated carbocycles. The van der Waals surface area contributed by atoms with Crippen LogP contribution in [0.2, 0.25) is 0 Å².